The second kappa shape index (κ2) is 5.46. The van der Waals surface area contributed by atoms with Gasteiger partial charge in [-0.3, -0.25) is 15.0 Å². The smallest absolute Gasteiger partial charge is 0.321 e. The van der Waals surface area contributed by atoms with Crippen LogP contribution in [0.3, 0.4) is 0 Å². The topological polar surface area (TPSA) is 73.5 Å². The van der Waals surface area contributed by atoms with Crippen LogP contribution in [0.15, 0.2) is 0 Å². The highest BCUT2D eigenvalue weighted by molar-refractivity contribution is 5.95. The Balaban J connectivity index is 1.42. The van der Waals surface area contributed by atoms with Gasteiger partial charge >= 0.3 is 6.03 Å². The summed E-state index contributed by atoms with van der Waals surface area (Å²) in [6.07, 6.45) is 5.61. The number of rotatable bonds is 3. The molecule has 3 fully saturated rings. The zero-order chi connectivity index (χ0) is 13.2. The Bertz CT molecular complexity index is 370. The summed E-state index contributed by atoms with van der Waals surface area (Å²) in [4.78, 5) is 25.4. The summed E-state index contributed by atoms with van der Waals surface area (Å²) in [5.41, 5.74) is 0. The van der Waals surface area contributed by atoms with E-state index in [0.29, 0.717) is 18.6 Å². The van der Waals surface area contributed by atoms with Gasteiger partial charge in [0.1, 0.15) is 0 Å². The molecule has 2 atom stereocenters. The van der Waals surface area contributed by atoms with Crippen molar-refractivity contribution in [3.05, 3.63) is 0 Å². The van der Waals surface area contributed by atoms with Crippen LogP contribution in [0.25, 0.3) is 0 Å². The third kappa shape index (κ3) is 3.67. The average Bonchev–Trinajstić information content (AvgIpc) is 3.05. The zero-order valence-electron chi connectivity index (χ0n) is 11.2. The minimum Gasteiger partial charge on any atom is -0.335 e. The Labute approximate surface area is 113 Å². The molecule has 3 N–H and O–H groups in total. The standard InChI is InChI=1S/C13H22N4O2/c18-12(16-13(19)15-9-1-2-9)8-17-6-5-10-3-4-11(7-17)14-10/h9-11,14H,1-8H2,(H2,15,16,18,19). The minimum absolute atomic E-state index is 0.198. The fourth-order valence-corrected chi connectivity index (χ4v) is 2.98. The number of amides is 3. The molecule has 3 amide bonds. The van der Waals surface area contributed by atoms with E-state index in [4.69, 9.17) is 0 Å². The van der Waals surface area contributed by atoms with Crippen molar-refractivity contribution in [3.63, 3.8) is 0 Å². The van der Waals surface area contributed by atoms with Crippen molar-refractivity contribution in [2.24, 2.45) is 0 Å². The summed E-state index contributed by atoms with van der Waals surface area (Å²) in [5, 5.41) is 8.75. The minimum atomic E-state index is -0.345. The molecule has 1 saturated carbocycles. The lowest BCUT2D eigenvalue weighted by molar-refractivity contribution is -0.121. The van der Waals surface area contributed by atoms with Crippen LogP contribution in [0.1, 0.15) is 32.1 Å². The summed E-state index contributed by atoms with van der Waals surface area (Å²) < 4.78 is 0. The van der Waals surface area contributed by atoms with Gasteiger partial charge in [-0.2, -0.15) is 0 Å². The normalized spacial score (nSPS) is 30.7. The van der Waals surface area contributed by atoms with Crippen LogP contribution in [0.4, 0.5) is 4.79 Å². The van der Waals surface area contributed by atoms with Crippen LogP contribution >= 0.6 is 0 Å². The van der Waals surface area contributed by atoms with Gasteiger partial charge in [-0.1, -0.05) is 0 Å². The fraction of sp³-hybridized carbons (Fsp3) is 0.846. The first-order valence-corrected chi connectivity index (χ1v) is 7.28. The van der Waals surface area contributed by atoms with Gasteiger partial charge in [0.15, 0.2) is 0 Å². The number of fused-ring (bicyclic) bond motifs is 2. The third-order valence-electron chi connectivity index (χ3n) is 4.14. The maximum Gasteiger partial charge on any atom is 0.321 e. The highest BCUT2D eigenvalue weighted by Gasteiger charge is 2.30. The van der Waals surface area contributed by atoms with E-state index in [1.165, 1.54) is 12.8 Å². The lowest BCUT2D eigenvalue weighted by Gasteiger charge is -2.23. The fourth-order valence-electron chi connectivity index (χ4n) is 2.98. The Morgan fingerprint density at radius 2 is 1.89 bits per heavy atom. The van der Waals surface area contributed by atoms with Gasteiger partial charge < -0.3 is 10.6 Å². The van der Waals surface area contributed by atoms with Crippen LogP contribution in [-0.2, 0) is 4.79 Å². The number of nitrogens with zero attached hydrogens (tertiary/aromatic N) is 1. The van der Waals surface area contributed by atoms with Crippen molar-refractivity contribution in [1.29, 1.82) is 0 Å². The van der Waals surface area contributed by atoms with Crippen molar-refractivity contribution in [2.45, 2.75) is 50.2 Å². The molecule has 6 nitrogen and oxygen atoms in total. The van der Waals surface area contributed by atoms with Gasteiger partial charge in [-0.05, 0) is 32.1 Å². The number of carbonyl (C=O) groups is 2. The SMILES string of the molecule is O=C(CN1CCC2CCC(C1)N2)NC(=O)NC1CC1. The van der Waals surface area contributed by atoms with Crippen molar-refractivity contribution in [1.82, 2.24) is 20.9 Å². The molecule has 0 aromatic heterocycles. The number of nitrogens with one attached hydrogen (secondary N) is 3. The molecule has 2 unspecified atom stereocenters. The first-order valence-electron chi connectivity index (χ1n) is 7.28. The predicted octanol–water partition coefficient (Wildman–Crippen LogP) is -0.199. The van der Waals surface area contributed by atoms with Crippen molar-refractivity contribution < 1.29 is 9.59 Å². The second-order valence-corrected chi connectivity index (χ2v) is 5.96. The number of carbonyl (C=O) groups excluding carboxylic acids is 2. The van der Waals surface area contributed by atoms with Crippen LogP contribution < -0.4 is 16.0 Å². The molecular weight excluding hydrogens is 244 g/mol. The molecule has 6 heteroatoms. The average molecular weight is 266 g/mol. The van der Waals surface area contributed by atoms with Crippen molar-refractivity contribution in [3.8, 4) is 0 Å². The van der Waals surface area contributed by atoms with E-state index in [-0.39, 0.29) is 18.0 Å². The van der Waals surface area contributed by atoms with Crippen LogP contribution in [0.2, 0.25) is 0 Å². The van der Waals surface area contributed by atoms with E-state index >= 15 is 0 Å². The largest absolute Gasteiger partial charge is 0.335 e. The lowest BCUT2D eigenvalue weighted by Crippen LogP contribution is -2.46. The van der Waals surface area contributed by atoms with E-state index in [1.54, 1.807) is 0 Å². The van der Waals surface area contributed by atoms with Crippen LogP contribution in [0.5, 0.6) is 0 Å². The number of likely N-dealkylation sites (tertiary alicyclic amines) is 1. The van der Waals surface area contributed by atoms with Gasteiger partial charge in [0.2, 0.25) is 5.91 Å². The molecule has 2 bridgehead atoms. The molecule has 2 heterocycles. The van der Waals surface area contributed by atoms with E-state index in [2.05, 4.69) is 20.9 Å². The first-order chi connectivity index (χ1) is 9.19. The molecule has 2 aliphatic heterocycles. The van der Waals surface area contributed by atoms with Gasteiger partial charge in [0.25, 0.3) is 0 Å². The zero-order valence-corrected chi connectivity index (χ0v) is 11.2. The summed E-state index contributed by atoms with van der Waals surface area (Å²) in [6, 6.07) is 1.07. The molecule has 0 spiro atoms. The number of hydrogen-bond donors (Lipinski definition) is 3. The number of hydrogen-bond acceptors (Lipinski definition) is 4. The molecule has 0 aromatic rings. The highest BCUT2D eigenvalue weighted by atomic mass is 16.2. The monoisotopic (exact) mass is 266 g/mol. The maximum atomic E-state index is 11.8. The van der Waals surface area contributed by atoms with E-state index in [1.807, 2.05) is 0 Å². The summed E-state index contributed by atoms with van der Waals surface area (Å²) >= 11 is 0. The predicted molar refractivity (Wildman–Crippen MR) is 70.7 cm³/mol. The highest BCUT2D eigenvalue weighted by Crippen LogP contribution is 2.20. The van der Waals surface area contributed by atoms with Gasteiger partial charge in [0, 0.05) is 31.2 Å². The van der Waals surface area contributed by atoms with Crippen molar-refractivity contribution >= 4 is 11.9 Å². The molecule has 3 aliphatic rings. The molecule has 19 heavy (non-hydrogen) atoms. The van der Waals surface area contributed by atoms with E-state index in [0.717, 1.165) is 32.4 Å². The van der Waals surface area contributed by atoms with Gasteiger partial charge in [0.05, 0.1) is 6.54 Å². The molecule has 106 valence electrons. The summed E-state index contributed by atoms with van der Waals surface area (Å²) in [5.74, 6) is -0.198. The van der Waals surface area contributed by atoms with Crippen LogP contribution in [0, 0.1) is 0 Å². The molecular formula is C13H22N4O2. The Hall–Kier alpha value is -1.14. The molecule has 3 rings (SSSR count). The molecule has 1 aliphatic carbocycles. The quantitative estimate of drug-likeness (QED) is 0.661. The maximum absolute atomic E-state index is 11.8. The first kappa shape index (κ1) is 12.9. The Morgan fingerprint density at radius 1 is 1.11 bits per heavy atom. The van der Waals surface area contributed by atoms with Crippen LogP contribution in [-0.4, -0.2) is 54.6 Å². The second-order valence-electron chi connectivity index (χ2n) is 5.96. The molecule has 0 radical (unpaired) electrons. The number of urea groups is 1. The third-order valence-corrected chi connectivity index (χ3v) is 4.14. The number of imide groups is 1. The van der Waals surface area contributed by atoms with E-state index < -0.39 is 0 Å². The van der Waals surface area contributed by atoms with Crippen molar-refractivity contribution in [2.75, 3.05) is 19.6 Å². The summed E-state index contributed by atoms with van der Waals surface area (Å²) in [7, 11) is 0. The molecule has 2 saturated heterocycles. The Kier molecular flexibility index (Phi) is 3.70. The van der Waals surface area contributed by atoms with E-state index in [9.17, 15) is 9.59 Å². The Morgan fingerprint density at radius 3 is 2.68 bits per heavy atom. The molecule has 0 aromatic carbocycles. The summed E-state index contributed by atoms with van der Waals surface area (Å²) in [6.45, 7) is 2.17. The van der Waals surface area contributed by atoms with Gasteiger partial charge in [-0.25, -0.2) is 4.79 Å². The van der Waals surface area contributed by atoms with Gasteiger partial charge in [-0.15, -0.1) is 0 Å². The lowest BCUT2D eigenvalue weighted by atomic mass is 10.1.